The average Bonchev–Trinajstić information content (AvgIpc) is 2.55. The number of nitrogens with zero attached hydrogens (tertiary/aromatic N) is 1. The Hall–Kier alpha value is -1.88. The highest BCUT2D eigenvalue weighted by Gasteiger charge is 2.30. The smallest absolute Gasteiger partial charge is 0.309 e. The van der Waals surface area contributed by atoms with Crippen molar-refractivity contribution in [3.63, 3.8) is 0 Å². The van der Waals surface area contributed by atoms with Crippen molar-refractivity contribution in [1.82, 2.24) is 4.90 Å². The van der Waals surface area contributed by atoms with Crippen LogP contribution in [0, 0.1) is 5.92 Å². The molecular weight excluding hydrogens is 280 g/mol. The van der Waals surface area contributed by atoms with Crippen LogP contribution in [0.2, 0.25) is 0 Å². The van der Waals surface area contributed by atoms with Crippen LogP contribution in [-0.4, -0.2) is 42.5 Å². The largest absolute Gasteiger partial charge is 0.466 e. The molecule has 0 aromatic heterocycles. The molecule has 1 saturated heterocycles. The van der Waals surface area contributed by atoms with E-state index < -0.39 is 0 Å². The zero-order valence-corrected chi connectivity index (χ0v) is 13.2. The summed E-state index contributed by atoms with van der Waals surface area (Å²) in [5.41, 5.74) is 0.806. The standard InChI is InChI=1S/C17H24N2O3/c1-3-22-17(21)14-9-11-19(12-10-14)13(2)16(20)18-15-7-5-4-6-8-15/h4-8,13-14H,3,9-12H2,1-2H3,(H,18,20)/t13-/m0/s1. The molecule has 5 heteroatoms. The first kappa shape index (κ1) is 16.5. The number of esters is 1. The van der Waals surface area contributed by atoms with Crippen molar-refractivity contribution in [2.24, 2.45) is 5.92 Å². The number of rotatable bonds is 5. The fourth-order valence-electron chi connectivity index (χ4n) is 2.72. The summed E-state index contributed by atoms with van der Waals surface area (Å²) in [4.78, 5) is 26.1. The third kappa shape index (κ3) is 4.31. The maximum Gasteiger partial charge on any atom is 0.309 e. The van der Waals surface area contributed by atoms with E-state index in [2.05, 4.69) is 10.2 Å². The van der Waals surface area contributed by atoms with E-state index in [4.69, 9.17) is 4.74 Å². The number of ether oxygens (including phenoxy) is 1. The van der Waals surface area contributed by atoms with Crippen LogP contribution in [0.1, 0.15) is 26.7 Å². The first-order chi connectivity index (χ1) is 10.6. The number of carbonyl (C=O) groups is 2. The Kier molecular flexibility index (Phi) is 5.95. The van der Waals surface area contributed by atoms with Crippen LogP contribution >= 0.6 is 0 Å². The lowest BCUT2D eigenvalue weighted by molar-refractivity contribution is -0.149. The van der Waals surface area contributed by atoms with Gasteiger partial charge in [-0.2, -0.15) is 0 Å². The number of nitrogens with one attached hydrogen (secondary N) is 1. The van der Waals surface area contributed by atoms with Gasteiger partial charge in [0.2, 0.25) is 5.91 Å². The zero-order valence-electron chi connectivity index (χ0n) is 13.2. The molecular formula is C17H24N2O3. The second-order valence-electron chi connectivity index (χ2n) is 5.59. The van der Waals surface area contributed by atoms with Crippen LogP contribution in [0.25, 0.3) is 0 Å². The topological polar surface area (TPSA) is 58.6 Å². The van der Waals surface area contributed by atoms with Crippen LogP contribution in [0.4, 0.5) is 5.69 Å². The number of benzene rings is 1. The van der Waals surface area contributed by atoms with Gasteiger partial charge in [-0.1, -0.05) is 18.2 Å². The second kappa shape index (κ2) is 7.94. The van der Waals surface area contributed by atoms with Gasteiger partial charge < -0.3 is 10.1 Å². The van der Waals surface area contributed by atoms with Crippen LogP contribution in [0.15, 0.2) is 30.3 Å². The maximum absolute atomic E-state index is 12.3. The minimum Gasteiger partial charge on any atom is -0.466 e. The van der Waals surface area contributed by atoms with Gasteiger partial charge in [0.15, 0.2) is 0 Å². The zero-order chi connectivity index (χ0) is 15.9. The van der Waals surface area contributed by atoms with E-state index in [1.54, 1.807) is 0 Å². The first-order valence-electron chi connectivity index (χ1n) is 7.88. The van der Waals surface area contributed by atoms with Gasteiger partial charge in [0.1, 0.15) is 0 Å². The normalized spacial score (nSPS) is 17.7. The first-order valence-corrected chi connectivity index (χ1v) is 7.88. The second-order valence-corrected chi connectivity index (χ2v) is 5.59. The Bertz CT molecular complexity index is 496. The molecule has 1 N–H and O–H groups in total. The summed E-state index contributed by atoms with van der Waals surface area (Å²) in [5, 5.41) is 2.92. The van der Waals surface area contributed by atoms with Crippen molar-refractivity contribution in [3.8, 4) is 0 Å². The summed E-state index contributed by atoms with van der Waals surface area (Å²) in [6.45, 7) is 5.64. The molecule has 0 spiro atoms. The van der Waals surface area contributed by atoms with E-state index in [0.717, 1.165) is 31.6 Å². The lowest BCUT2D eigenvalue weighted by Crippen LogP contribution is -2.47. The van der Waals surface area contributed by atoms with Crippen molar-refractivity contribution in [1.29, 1.82) is 0 Å². The summed E-state index contributed by atoms with van der Waals surface area (Å²) in [5.74, 6) is -0.148. The van der Waals surface area contributed by atoms with Gasteiger partial charge in [-0.25, -0.2) is 0 Å². The average molecular weight is 304 g/mol. The quantitative estimate of drug-likeness (QED) is 0.848. The van der Waals surface area contributed by atoms with Gasteiger partial charge in [-0.15, -0.1) is 0 Å². The number of anilines is 1. The lowest BCUT2D eigenvalue weighted by atomic mass is 9.96. The molecule has 0 aliphatic carbocycles. The predicted molar refractivity (Wildman–Crippen MR) is 85.5 cm³/mol. The van der Waals surface area contributed by atoms with Gasteiger partial charge in [-0.3, -0.25) is 14.5 Å². The Morgan fingerprint density at radius 3 is 2.50 bits per heavy atom. The number of likely N-dealkylation sites (tertiary alicyclic amines) is 1. The summed E-state index contributed by atoms with van der Waals surface area (Å²) in [6.07, 6.45) is 1.50. The molecule has 120 valence electrons. The van der Waals surface area contributed by atoms with Crippen molar-refractivity contribution >= 4 is 17.6 Å². The number of hydrogen-bond donors (Lipinski definition) is 1. The molecule has 0 radical (unpaired) electrons. The fraction of sp³-hybridized carbons (Fsp3) is 0.529. The molecule has 1 aromatic carbocycles. The predicted octanol–water partition coefficient (Wildman–Crippen LogP) is 2.29. The molecule has 22 heavy (non-hydrogen) atoms. The highest BCUT2D eigenvalue weighted by atomic mass is 16.5. The fourth-order valence-corrected chi connectivity index (χ4v) is 2.72. The SMILES string of the molecule is CCOC(=O)C1CCN([C@@H](C)C(=O)Nc2ccccc2)CC1. The van der Waals surface area contributed by atoms with Gasteiger partial charge in [-0.05, 0) is 51.9 Å². The molecule has 0 saturated carbocycles. The van der Waals surface area contributed by atoms with E-state index in [-0.39, 0.29) is 23.8 Å². The van der Waals surface area contributed by atoms with Crippen LogP contribution < -0.4 is 5.32 Å². The number of amides is 1. The van der Waals surface area contributed by atoms with Crippen LogP contribution in [0.5, 0.6) is 0 Å². The number of piperidine rings is 1. The molecule has 0 bridgehead atoms. The highest BCUT2D eigenvalue weighted by Crippen LogP contribution is 2.21. The van der Waals surface area contributed by atoms with E-state index in [1.165, 1.54) is 0 Å². The summed E-state index contributed by atoms with van der Waals surface area (Å²) in [6, 6.07) is 9.24. The Morgan fingerprint density at radius 2 is 1.91 bits per heavy atom. The number of carbonyl (C=O) groups excluding carboxylic acids is 2. The summed E-state index contributed by atoms with van der Waals surface area (Å²) >= 11 is 0. The molecule has 1 aromatic rings. The molecule has 1 aliphatic rings. The minimum atomic E-state index is -0.205. The molecule has 5 nitrogen and oxygen atoms in total. The summed E-state index contributed by atoms with van der Waals surface area (Å²) in [7, 11) is 0. The van der Waals surface area contributed by atoms with Crippen molar-refractivity contribution < 1.29 is 14.3 Å². The van der Waals surface area contributed by atoms with Crippen molar-refractivity contribution in [2.75, 3.05) is 25.0 Å². The molecule has 2 rings (SSSR count). The van der Waals surface area contributed by atoms with E-state index in [1.807, 2.05) is 44.2 Å². The van der Waals surface area contributed by atoms with Crippen LogP contribution in [-0.2, 0) is 14.3 Å². The third-order valence-corrected chi connectivity index (χ3v) is 4.12. The molecule has 1 amide bonds. The molecule has 1 heterocycles. The molecule has 1 atom stereocenters. The molecule has 0 unspecified atom stereocenters. The monoisotopic (exact) mass is 304 g/mol. The van der Waals surface area contributed by atoms with E-state index >= 15 is 0 Å². The number of para-hydroxylation sites is 1. The third-order valence-electron chi connectivity index (χ3n) is 4.12. The number of hydrogen-bond acceptors (Lipinski definition) is 4. The van der Waals surface area contributed by atoms with Crippen molar-refractivity contribution in [2.45, 2.75) is 32.7 Å². The lowest BCUT2D eigenvalue weighted by Gasteiger charge is -2.34. The molecule has 1 aliphatic heterocycles. The van der Waals surface area contributed by atoms with Gasteiger partial charge in [0.05, 0.1) is 18.6 Å². The summed E-state index contributed by atoms with van der Waals surface area (Å²) < 4.78 is 5.07. The maximum atomic E-state index is 12.3. The van der Waals surface area contributed by atoms with Crippen LogP contribution in [0.3, 0.4) is 0 Å². The van der Waals surface area contributed by atoms with Gasteiger partial charge in [0, 0.05) is 5.69 Å². The minimum absolute atomic E-state index is 0.0132. The molecule has 1 fully saturated rings. The highest BCUT2D eigenvalue weighted by molar-refractivity contribution is 5.94. The Morgan fingerprint density at radius 1 is 1.27 bits per heavy atom. The Labute approximate surface area is 131 Å². The Balaban J connectivity index is 1.83. The van der Waals surface area contributed by atoms with E-state index in [9.17, 15) is 9.59 Å². The van der Waals surface area contributed by atoms with Crippen molar-refractivity contribution in [3.05, 3.63) is 30.3 Å². The van der Waals surface area contributed by atoms with E-state index in [0.29, 0.717) is 6.61 Å². The van der Waals surface area contributed by atoms with Gasteiger partial charge in [0.25, 0.3) is 0 Å². The van der Waals surface area contributed by atoms with Gasteiger partial charge >= 0.3 is 5.97 Å².